The second-order valence-electron chi connectivity index (χ2n) is 3.96. The minimum Gasteiger partial charge on any atom is -0.396 e. The largest absolute Gasteiger partial charge is 0.396 e. The number of anilines is 1. The second-order valence-corrected chi connectivity index (χ2v) is 3.96. The van der Waals surface area contributed by atoms with Crippen LogP contribution in [0.3, 0.4) is 0 Å². The Morgan fingerprint density at radius 1 is 1.29 bits per heavy atom. The Morgan fingerprint density at radius 3 is 2.47 bits per heavy atom. The van der Waals surface area contributed by atoms with Crippen LogP contribution < -0.4 is 5.73 Å². The first-order valence-corrected chi connectivity index (χ1v) is 5.07. The summed E-state index contributed by atoms with van der Waals surface area (Å²) in [6.45, 7) is 0.142. The molecule has 6 heteroatoms. The molecule has 0 saturated heterocycles. The molecule has 0 aliphatic heterocycles. The fourth-order valence-electron chi connectivity index (χ4n) is 1.38. The van der Waals surface area contributed by atoms with Gasteiger partial charge in [0.05, 0.1) is 12.1 Å². The summed E-state index contributed by atoms with van der Waals surface area (Å²) in [6, 6.07) is 4.24. The Morgan fingerprint density at radius 2 is 1.94 bits per heavy atom. The molecule has 0 bridgehead atoms. The van der Waals surface area contributed by atoms with Crippen LogP contribution in [-0.4, -0.2) is 24.7 Å². The monoisotopic (exact) mass is 250 g/mol. The molecular weight excluding hydrogens is 236 g/mol. The van der Waals surface area contributed by atoms with Gasteiger partial charge in [0.2, 0.25) is 0 Å². The maximum Gasteiger partial charge on any atom is 0.390 e. The van der Waals surface area contributed by atoms with Gasteiger partial charge in [-0.2, -0.15) is 13.2 Å². The Hall–Kier alpha value is -1.30. The smallest absolute Gasteiger partial charge is 0.390 e. The molecule has 1 rings (SSSR count). The van der Waals surface area contributed by atoms with Crippen molar-refractivity contribution in [2.75, 3.05) is 19.3 Å². The van der Waals surface area contributed by atoms with E-state index in [9.17, 15) is 17.6 Å². The van der Waals surface area contributed by atoms with E-state index in [1.54, 1.807) is 13.1 Å². The lowest BCUT2D eigenvalue weighted by atomic mass is 10.2. The van der Waals surface area contributed by atoms with Gasteiger partial charge in [0.15, 0.2) is 0 Å². The molecule has 96 valence electrons. The van der Waals surface area contributed by atoms with Crippen LogP contribution in [0.5, 0.6) is 0 Å². The fraction of sp³-hybridized carbons (Fsp3) is 0.455. The standard InChI is InChI=1S/C11H14F4N2/c1-17(5-4-11(13,14)15)7-8-2-3-10(16)9(12)6-8/h2-3,6H,4-5,7,16H2,1H3. The zero-order chi connectivity index (χ0) is 13.1. The first-order valence-electron chi connectivity index (χ1n) is 5.07. The Balaban J connectivity index is 2.50. The van der Waals surface area contributed by atoms with E-state index >= 15 is 0 Å². The van der Waals surface area contributed by atoms with Gasteiger partial charge in [-0.15, -0.1) is 0 Å². The van der Waals surface area contributed by atoms with Gasteiger partial charge in [-0.3, -0.25) is 0 Å². The average Bonchev–Trinajstić information content (AvgIpc) is 2.20. The summed E-state index contributed by atoms with van der Waals surface area (Å²) in [6.07, 6.45) is -5.04. The molecule has 2 N–H and O–H groups in total. The molecule has 0 saturated carbocycles. The zero-order valence-electron chi connectivity index (χ0n) is 9.39. The van der Waals surface area contributed by atoms with E-state index in [1.807, 2.05) is 0 Å². The number of nitrogens with two attached hydrogens (primary N) is 1. The van der Waals surface area contributed by atoms with Crippen molar-refractivity contribution in [1.82, 2.24) is 4.90 Å². The summed E-state index contributed by atoms with van der Waals surface area (Å²) in [7, 11) is 1.56. The number of hydrogen-bond acceptors (Lipinski definition) is 2. The molecule has 0 aromatic heterocycles. The minimum atomic E-state index is -4.17. The molecule has 0 amide bonds. The lowest BCUT2D eigenvalue weighted by Crippen LogP contribution is -2.24. The Kier molecular flexibility index (Phi) is 4.34. The third-order valence-corrected chi connectivity index (χ3v) is 2.29. The summed E-state index contributed by atoms with van der Waals surface area (Å²) < 4.78 is 49.0. The molecule has 0 aliphatic rings. The van der Waals surface area contributed by atoms with E-state index in [4.69, 9.17) is 5.73 Å². The molecule has 0 heterocycles. The number of alkyl halides is 3. The van der Waals surface area contributed by atoms with Crippen molar-refractivity contribution in [1.29, 1.82) is 0 Å². The molecule has 0 radical (unpaired) electrons. The highest BCUT2D eigenvalue weighted by atomic mass is 19.4. The molecule has 17 heavy (non-hydrogen) atoms. The van der Waals surface area contributed by atoms with E-state index < -0.39 is 18.4 Å². The van der Waals surface area contributed by atoms with Crippen molar-refractivity contribution < 1.29 is 17.6 Å². The molecule has 0 fully saturated rings. The lowest BCUT2D eigenvalue weighted by Gasteiger charge is -2.17. The SMILES string of the molecule is CN(CCC(F)(F)F)Cc1ccc(N)c(F)c1. The lowest BCUT2D eigenvalue weighted by molar-refractivity contribution is -0.137. The second kappa shape index (κ2) is 5.35. The molecular formula is C11H14F4N2. The third kappa shape index (κ3) is 5.04. The summed E-state index contributed by atoms with van der Waals surface area (Å²) in [5.74, 6) is -0.549. The quantitative estimate of drug-likeness (QED) is 0.657. The van der Waals surface area contributed by atoms with Crippen LogP contribution in [0.25, 0.3) is 0 Å². The van der Waals surface area contributed by atoms with E-state index in [2.05, 4.69) is 0 Å². The third-order valence-electron chi connectivity index (χ3n) is 2.29. The molecule has 0 atom stereocenters. The van der Waals surface area contributed by atoms with Gasteiger partial charge in [-0.1, -0.05) is 6.07 Å². The topological polar surface area (TPSA) is 29.3 Å². The number of hydrogen-bond donors (Lipinski definition) is 1. The van der Waals surface area contributed by atoms with Crippen LogP contribution >= 0.6 is 0 Å². The predicted molar refractivity (Wildman–Crippen MR) is 57.8 cm³/mol. The van der Waals surface area contributed by atoms with Crippen molar-refractivity contribution in [2.24, 2.45) is 0 Å². The van der Waals surface area contributed by atoms with Crippen molar-refractivity contribution in [3.63, 3.8) is 0 Å². The van der Waals surface area contributed by atoms with Crippen molar-refractivity contribution >= 4 is 5.69 Å². The number of nitrogens with zero attached hydrogens (tertiary/aromatic N) is 1. The summed E-state index contributed by atoms with van der Waals surface area (Å²) in [5, 5.41) is 0. The van der Waals surface area contributed by atoms with Gasteiger partial charge in [0, 0.05) is 13.1 Å². The fourth-order valence-corrected chi connectivity index (χ4v) is 1.38. The van der Waals surface area contributed by atoms with Gasteiger partial charge in [-0.25, -0.2) is 4.39 Å². The van der Waals surface area contributed by atoms with Gasteiger partial charge in [0.25, 0.3) is 0 Å². The van der Waals surface area contributed by atoms with Crippen molar-refractivity contribution in [3.05, 3.63) is 29.6 Å². The average molecular weight is 250 g/mol. The summed E-state index contributed by atoms with van der Waals surface area (Å²) in [5.41, 5.74) is 5.93. The first kappa shape index (κ1) is 13.8. The van der Waals surface area contributed by atoms with Crippen molar-refractivity contribution in [3.8, 4) is 0 Å². The molecule has 0 spiro atoms. The first-order chi connectivity index (χ1) is 7.78. The highest BCUT2D eigenvalue weighted by Gasteiger charge is 2.27. The summed E-state index contributed by atoms with van der Waals surface area (Å²) >= 11 is 0. The van der Waals surface area contributed by atoms with Gasteiger partial charge in [0.1, 0.15) is 5.82 Å². The van der Waals surface area contributed by atoms with Gasteiger partial charge < -0.3 is 10.6 Å². The minimum absolute atomic E-state index is 0.0340. The highest BCUT2D eigenvalue weighted by molar-refractivity contribution is 5.41. The van der Waals surface area contributed by atoms with Gasteiger partial charge >= 0.3 is 6.18 Å². The van der Waals surface area contributed by atoms with Crippen LogP contribution in [-0.2, 0) is 6.54 Å². The van der Waals surface area contributed by atoms with Crippen LogP contribution in [0.4, 0.5) is 23.2 Å². The van der Waals surface area contributed by atoms with E-state index in [1.165, 1.54) is 17.0 Å². The van der Waals surface area contributed by atoms with Crippen LogP contribution in [0.2, 0.25) is 0 Å². The van der Waals surface area contributed by atoms with Crippen LogP contribution in [0, 0.1) is 5.82 Å². The van der Waals surface area contributed by atoms with E-state index in [-0.39, 0.29) is 18.8 Å². The predicted octanol–water partition coefficient (Wildman–Crippen LogP) is 2.79. The molecule has 1 aromatic carbocycles. The molecule has 1 aromatic rings. The summed E-state index contributed by atoms with van der Waals surface area (Å²) in [4.78, 5) is 1.48. The maximum absolute atomic E-state index is 13.1. The molecule has 0 unspecified atom stereocenters. The van der Waals surface area contributed by atoms with Crippen LogP contribution in [0.15, 0.2) is 18.2 Å². The van der Waals surface area contributed by atoms with Gasteiger partial charge in [-0.05, 0) is 24.7 Å². The highest BCUT2D eigenvalue weighted by Crippen LogP contribution is 2.20. The maximum atomic E-state index is 13.1. The Bertz CT molecular complexity index is 376. The number of halogens is 4. The number of nitrogen functional groups attached to an aromatic ring is 1. The van der Waals surface area contributed by atoms with E-state index in [0.29, 0.717) is 5.56 Å². The zero-order valence-corrected chi connectivity index (χ0v) is 9.39. The van der Waals surface area contributed by atoms with E-state index in [0.717, 1.165) is 0 Å². The molecule has 2 nitrogen and oxygen atoms in total. The van der Waals surface area contributed by atoms with Crippen LogP contribution in [0.1, 0.15) is 12.0 Å². The Labute approximate surface area is 97.0 Å². The van der Waals surface area contributed by atoms with Crippen molar-refractivity contribution in [2.45, 2.75) is 19.1 Å². The number of rotatable bonds is 4. The molecule has 0 aliphatic carbocycles. The normalized spacial score (nSPS) is 12.1. The number of benzene rings is 1.